The summed E-state index contributed by atoms with van der Waals surface area (Å²) in [5.41, 5.74) is 2.84. The minimum Gasteiger partial charge on any atom is -0.465 e. The first kappa shape index (κ1) is 23.8. The fourth-order valence-electron chi connectivity index (χ4n) is 5.63. The van der Waals surface area contributed by atoms with E-state index < -0.39 is 0 Å². The van der Waals surface area contributed by atoms with Crippen LogP contribution >= 0.6 is 23.2 Å². The molecule has 2 saturated carbocycles. The van der Waals surface area contributed by atoms with Crippen LogP contribution in [0.5, 0.6) is 0 Å². The number of ether oxygens (including phenoxy) is 2. The van der Waals surface area contributed by atoms with Crippen LogP contribution in [-0.4, -0.2) is 42.4 Å². The van der Waals surface area contributed by atoms with E-state index >= 15 is 0 Å². The average molecular weight is 528 g/mol. The number of anilines is 1. The predicted octanol–water partition coefficient (Wildman–Crippen LogP) is 6.14. The van der Waals surface area contributed by atoms with E-state index in [0.29, 0.717) is 51.2 Å². The maximum atomic E-state index is 11.7. The fourth-order valence-corrected chi connectivity index (χ4v) is 6.21. The number of nitrogens with zero attached hydrogens (tertiary/aromatic N) is 3. The van der Waals surface area contributed by atoms with Crippen molar-refractivity contribution in [3.63, 3.8) is 0 Å². The lowest BCUT2D eigenvalue weighted by atomic mass is 10.0. The monoisotopic (exact) mass is 527 g/mol. The van der Waals surface area contributed by atoms with Crippen molar-refractivity contribution in [1.29, 1.82) is 0 Å². The maximum absolute atomic E-state index is 11.7. The molecule has 0 spiro atoms. The Hall–Kier alpha value is -2.61. The third-order valence-electron chi connectivity index (χ3n) is 7.63. The van der Waals surface area contributed by atoms with E-state index in [1.54, 1.807) is 12.3 Å². The Balaban J connectivity index is 1.11. The minimum absolute atomic E-state index is 0.188. The Labute approximate surface area is 219 Å². The molecule has 3 heterocycles. The molecule has 2 unspecified atom stereocenters. The predicted molar refractivity (Wildman–Crippen MR) is 137 cm³/mol. The highest BCUT2D eigenvalue weighted by atomic mass is 35.5. The number of aromatic nitrogens is 2. The second-order valence-electron chi connectivity index (χ2n) is 9.97. The minimum atomic E-state index is -0.370. The normalized spacial score (nSPS) is 23.2. The molecular formula is C27H27Cl2N3O4. The zero-order valence-corrected chi connectivity index (χ0v) is 21.5. The summed E-state index contributed by atoms with van der Waals surface area (Å²) in [4.78, 5) is 18.5. The van der Waals surface area contributed by atoms with Gasteiger partial charge in [-0.3, -0.25) is 0 Å². The lowest BCUT2D eigenvalue weighted by Crippen LogP contribution is -2.24. The van der Waals surface area contributed by atoms with Gasteiger partial charge in [0.05, 0.1) is 35.4 Å². The summed E-state index contributed by atoms with van der Waals surface area (Å²) < 4.78 is 17.0. The Kier molecular flexibility index (Phi) is 6.40. The van der Waals surface area contributed by atoms with Crippen molar-refractivity contribution in [3.05, 3.63) is 63.5 Å². The number of rotatable bonds is 7. The molecule has 188 valence electrons. The topological polar surface area (TPSA) is 77.7 Å². The summed E-state index contributed by atoms with van der Waals surface area (Å²) in [7, 11) is 1.37. The molecule has 1 aliphatic heterocycles. The summed E-state index contributed by atoms with van der Waals surface area (Å²) in [5.74, 6) is 2.95. The number of carbonyl (C=O) groups excluding carboxylic acids is 1. The lowest BCUT2D eigenvalue weighted by molar-refractivity contribution is 0.0402. The van der Waals surface area contributed by atoms with Gasteiger partial charge in [0, 0.05) is 36.3 Å². The van der Waals surface area contributed by atoms with Gasteiger partial charge in [0.25, 0.3) is 0 Å². The van der Waals surface area contributed by atoms with Crippen LogP contribution in [0.3, 0.4) is 0 Å². The van der Waals surface area contributed by atoms with E-state index in [2.05, 4.69) is 15.0 Å². The molecule has 0 radical (unpaired) electrons. The van der Waals surface area contributed by atoms with Crippen LogP contribution in [0.15, 0.2) is 41.1 Å². The van der Waals surface area contributed by atoms with Crippen LogP contribution in [0.1, 0.15) is 53.3 Å². The summed E-state index contributed by atoms with van der Waals surface area (Å²) in [6, 6.07) is 9.14. The maximum Gasteiger partial charge on any atom is 0.339 e. The average Bonchev–Trinajstić information content (AvgIpc) is 3.35. The van der Waals surface area contributed by atoms with Gasteiger partial charge in [-0.15, -0.1) is 0 Å². The van der Waals surface area contributed by atoms with Crippen molar-refractivity contribution < 1.29 is 18.8 Å². The molecule has 2 aliphatic carbocycles. The molecule has 0 bridgehead atoms. The van der Waals surface area contributed by atoms with Crippen molar-refractivity contribution >= 4 is 35.0 Å². The van der Waals surface area contributed by atoms with Gasteiger partial charge in [-0.2, -0.15) is 0 Å². The zero-order valence-electron chi connectivity index (χ0n) is 20.0. The van der Waals surface area contributed by atoms with Gasteiger partial charge in [-0.05, 0) is 61.8 Å². The number of methoxy groups -OCH3 is 1. The van der Waals surface area contributed by atoms with Crippen molar-refractivity contribution in [2.24, 2.45) is 11.8 Å². The fraction of sp³-hybridized carbons (Fsp3) is 0.444. The quantitative estimate of drug-likeness (QED) is 0.341. The number of pyridine rings is 1. The highest BCUT2D eigenvalue weighted by Gasteiger charge is 2.42. The van der Waals surface area contributed by atoms with Crippen molar-refractivity contribution in [1.82, 2.24) is 10.1 Å². The van der Waals surface area contributed by atoms with E-state index in [4.69, 9.17) is 37.2 Å². The van der Waals surface area contributed by atoms with Gasteiger partial charge in [0.15, 0.2) is 0 Å². The number of benzene rings is 1. The van der Waals surface area contributed by atoms with Crippen LogP contribution in [0, 0.1) is 11.8 Å². The van der Waals surface area contributed by atoms with Gasteiger partial charge >= 0.3 is 5.97 Å². The first-order chi connectivity index (χ1) is 17.5. The molecule has 9 heteroatoms. The summed E-state index contributed by atoms with van der Waals surface area (Å²) in [5, 5.41) is 5.49. The molecule has 3 fully saturated rings. The molecule has 0 N–H and O–H groups in total. The first-order valence-electron chi connectivity index (χ1n) is 12.4. The third-order valence-corrected chi connectivity index (χ3v) is 8.26. The van der Waals surface area contributed by atoms with Gasteiger partial charge in [0.2, 0.25) is 0 Å². The number of hydrogen-bond donors (Lipinski definition) is 0. The van der Waals surface area contributed by atoms with E-state index in [9.17, 15) is 4.79 Å². The van der Waals surface area contributed by atoms with Crippen LogP contribution in [-0.2, 0) is 16.1 Å². The molecule has 3 atom stereocenters. The highest BCUT2D eigenvalue weighted by molar-refractivity contribution is 6.39. The lowest BCUT2D eigenvalue weighted by Gasteiger charge is -2.20. The Bertz CT molecular complexity index is 1240. The smallest absolute Gasteiger partial charge is 0.339 e. The molecule has 36 heavy (non-hydrogen) atoms. The summed E-state index contributed by atoms with van der Waals surface area (Å²) >= 11 is 13.0. The molecule has 3 aliphatic rings. The Morgan fingerprint density at radius 2 is 1.83 bits per heavy atom. The van der Waals surface area contributed by atoms with Crippen molar-refractivity contribution in [2.45, 2.75) is 44.3 Å². The van der Waals surface area contributed by atoms with Crippen LogP contribution in [0.25, 0.3) is 11.3 Å². The van der Waals surface area contributed by atoms with E-state index in [-0.39, 0.29) is 12.1 Å². The van der Waals surface area contributed by atoms with Crippen LogP contribution in [0.4, 0.5) is 5.82 Å². The van der Waals surface area contributed by atoms with Crippen LogP contribution < -0.4 is 4.90 Å². The SMILES string of the molecule is COC(=O)c1ccc(N2CC3CC(OCc4c(-c5c(Cl)cccc5Cl)noc4C4CC4)C[C@H]3C2)nc1. The van der Waals surface area contributed by atoms with E-state index in [0.717, 1.165) is 55.9 Å². The molecule has 6 rings (SSSR count). The van der Waals surface area contributed by atoms with E-state index in [1.807, 2.05) is 24.3 Å². The number of carbonyl (C=O) groups is 1. The van der Waals surface area contributed by atoms with Gasteiger partial charge in [-0.1, -0.05) is 34.4 Å². The van der Waals surface area contributed by atoms with Gasteiger partial charge in [0.1, 0.15) is 17.3 Å². The Morgan fingerprint density at radius 1 is 1.11 bits per heavy atom. The van der Waals surface area contributed by atoms with Gasteiger partial charge < -0.3 is 18.9 Å². The van der Waals surface area contributed by atoms with E-state index in [1.165, 1.54) is 7.11 Å². The number of fused-ring (bicyclic) bond motifs is 1. The molecule has 3 aromatic rings. The molecule has 1 aromatic carbocycles. The number of esters is 1. The first-order valence-corrected chi connectivity index (χ1v) is 13.1. The zero-order chi connectivity index (χ0) is 24.8. The number of halogens is 2. The molecule has 0 amide bonds. The second kappa shape index (κ2) is 9.69. The van der Waals surface area contributed by atoms with Crippen molar-refractivity contribution in [3.8, 4) is 11.3 Å². The summed E-state index contributed by atoms with van der Waals surface area (Å²) in [6.07, 6.45) is 6.00. The molecule has 2 aromatic heterocycles. The summed E-state index contributed by atoms with van der Waals surface area (Å²) in [6.45, 7) is 2.32. The number of hydrogen-bond acceptors (Lipinski definition) is 7. The Morgan fingerprint density at radius 3 is 2.44 bits per heavy atom. The molecule has 1 saturated heterocycles. The van der Waals surface area contributed by atoms with Crippen LogP contribution in [0.2, 0.25) is 10.0 Å². The standard InChI is InChI=1S/C27H27Cl2N3O4/c1-34-27(33)16-7-8-23(30-11-16)32-12-17-9-19(10-18(17)13-32)35-14-20-25(31-36-26(20)15-5-6-15)24-21(28)3-2-4-22(24)29/h2-4,7-8,11,15,17-19H,5-6,9-10,12-14H2,1H3/t17-,18?,19?/m0/s1. The molecular weight excluding hydrogens is 501 g/mol. The largest absolute Gasteiger partial charge is 0.465 e. The molecule has 7 nitrogen and oxygen atoms in total. The van der Waals surface area contributed by atoms with Crippen molar-refractivity contribution in [2.75, 3.05) is 25.1 Å². The highest BCUT2D eigenvalue weighted by Crippen LogP contribution is 2.47. The third kappa shape index (κ3) is 4.49. The second-order valence-corrected chi connectivity index (χ2v) is 10.8. The van der Waals surface area contributed by atoms with Gasteiger partial charge in [-0.25, -0.2) is 9.78 Å².